The van der Waals surface area contributed by atoms with Gasteiger partial charge in [0.2, 0.25) is 6.33 Å². The Balaban J connectivity index is 1.82. The number of ether oxygens (including phenoxy) is 1. The van der Waals surface area contributed by atoms with Crippen LogP contribution >= 0.6 is 0 Å². The van der Waals surface area contributed by atoms with Crippen molar-refractivity contribution in [3.05, 3.63) is 18.7 Å². The Bertz CT molecular complexity index is 379. The summed E-state index contributed by atoms with van der Waals surface area (Å²) in [5, 5.41) is 9.92. The van der Waals surface area contributed by atoms with Crippen LogP contribution in [-0.4, -0.2) is 29.0 Å². The van der Waals surface area contributed by atoms with Crippen LogP contribution in [-0.2, 0) is 18.3 Å². The van der Waals surface area contributed by atoms with E-state index in [9.17, 15) is 5.11 Å². The van der Waals surface area contributed by atoms with Crippen molar-refractivity contribution < 1.29 is 14.4 Å². The Labute approximate surface area is 142 Å². The summed E-state index contributed by atoms with van der Waals surface area (Å²) in [4.78, 5) is 0. The van der Waals surface area contributed by atoms with Gasteiger partial charge >= 0.3 is 0 Å². The van der Waals surface area contributed by atoms with E-state index in [1.165, 1.54) is 57.8 Å². The van der Waals surface area contributed by atoms with Gasteiger partial charge < -0.3 is 9.84 Å². The number of aliphatic hydroxyl groups is 1. The summed E-state index contributed by atoms with van der Waals surface area (Å²) in [6, 6.07) is 0. The van der Waals surface area contributed by atoms with Gasteiger partial charge in [0.1, 0.15) is 25.0 Å². The zero-order chi connectivity index (χ0) is 16.8. The molecule has 0 bridgehead atoms. The standard InChI is InChI=1S/C19H37N2O2/c1-3-4-5-6-7-8-9-10-11-12-15-23-17-19(22)16-21-14-13-20(2)18-21/h13-14,18-19,22H,3-12,15-17H2,1-2H3/q+1. The third-order valence-corrected chi connectivity index (χ3v) is 4.20. The summed E-state index contributed by atoms with van der Waals surface area (Å²) in [6.07, 6.45) is 18.8. The first-order chi connectivity index (χ1) is 11.2. The van der Waals surface area contributed by atoms with Crippen LogP contribution in [0.15, 0.2) is 18.7 Å². The van der Waals surface area contributed by atoms with Crippen LogP contribution in [0.2, 0.25) is 0 Å². The van der Waals surface area contributed by atoms with E-state index in [1.807, 2.05) is 34.9 Å². The molecule has 0 saturated heterocycles. The number of aryl methyl sites for hydroxylation is 1. The lowest BCUT2D eigenvalue weighted by Gasteiger charge is -2.09. The summed E-state index contributed by atoms with van der Waals surface area (Å²) >= 11 is 0. The molecule has 0 aliphatic rings. The summed E-state index contributed by atoms with van der Waals surface area (Å²) < 4.78 is 9.53. The van der Waals surface area contributed by atoms with Gasteiger partial charge in [-0.2, -0.15) is 0 Å². The highest BCUT2D eigenvalue weighted by atomic mass is 16.5. The molecule has 0 aliphatic heterocycles. The van der Waals surface area contributed by atoms with Crippen molar-refractivity contribution in [3.63, 3.8) is 0 Å². The lowest BCUT2D eigenvalue weighted by atomic mass is 10.1. The molecule has 1 heterocycles. The molecule has 4 heteroatoms. The molecule has 1 aromatic rings. The first-order valence-corrected chi connectivity index (χ1v) is 9.49. The van der Waals surface area contributed by atoms with Crippen molar-refractivity contribution in [1.29, 1.82) is 0 Å². The third kappa shape index (κ3) is 11.3. The van der Waals surface area contributed by atoms with Gasteiger partial charge in [-0.05, 0) is 6.42 Å². The van der Waals surface area contributed by atoms with Gasteiger partial charge in [0, 0.05) is 6.61 Å². The quantitative estimate of drug-likeness (QED) is 0.395. The van der Waals surface area contributed by atoms with Crippen molar-refractivity contribution in [2.45, 2.75) is 83.8 Å². The summed E-state index contributed by atoms with van der Waals surface area (Å²) in [5.74, 6) is 0. The third-order valence-electron chi connectivity index (χ3n) is 4.20. The van der Waals surface area contributed by atoms with E-state index in [4.69, 9.17) is 4.74 Å². The molecule has 1 unspecified atom stereocenters. The zero-order valence-corrected chi connectivity index (χ0v) is 15.3. The minimum atomic E-state index is -0.425. The largest absolute Gasteiger partial charge is 0.387 e. The lowest BCUT2D eigenvalue weighted by Crippen LogP contribution is -2.26. The van der Waals surface area contributed by atoms with Crippen LogP contribution in [0.4, 0.5) is 0 Å². The van der Waals surface area contributed by atoms with Crippen LogP contribution in [0.25, 0.3) is 0 Å². The van der Waals surface area contributed by atoms with Crippen molar-refractivity contribution in [3.8, 4) is 0 Å². The maximum absolute atomic E-state index is 9.92. The fourth-order valence-electron chi connectivity index (χ4n) is 2.82. The molecule has 0 aliphatic carbocycles. The molecule has 0 spiro atoms. The van der Waals surface area contributed by atoms with Crippen molar-refractivity contribution >= 4 is 0 Å². The maximum atomic E-state index is 9.92. The molecule has 0 radical (unpaired) electrons. The topological polar surface area (TPSA) is 38.3 Å². The lowest BCUT2D eigenvalue weighted by molar-refractivity contribution is -0.671. The highest BCUT2D eigenvalue weighted by Crippen LogP contribution is 2.10. The van der Waals surface area contributed by atoms with Crippen molar-refractivity contribution in [2.75, 3.05) is 13.2 Å². The molecular formula is C19H37N2O2+. The average Bonchev–Trinajstić information content (AvgIpc) is 2.93. The van der Waals surface area contributed by atoms with Gasteiger partial charge in [-0.1, -0.05) is 64.7 Å². The normalized spacial score (nSPS) is 12.7. The number of hydrogen-bond donors (Lipinski definition) is 1. The molecule has 1 atom stereocenters. The Morgan fingerprint density at radius 3 is 2.17 bits per heavy atom. The van der Waals surface area contributed by atoms with Crippen LogP contribution in [0.1, 0.15) is 71.1 Å². The Kier molecular flexibility index (Phi) is 11.9. The molecule has 1 rings (SSSR count). The SMILES string of the molecule is CCCCCCCCCCCCOCC(O)Cn1cc[n+](C)c1. The molecular weight excluding hydrogens is 288 g/mol. The van der Waals surface area contributed by atoms with Crippen LogP contribution in [0.5, 0.6) is 0 Å². The fraction of sp³-hybridized carbons (Fsp3) is 0.842. The highest BCUT2D eigenvalue weighted by Gasteiger charge is 2.09. The van der Waals surface area contributed by atoms with E-state index in [2.05, 4.69) is 6.92 Å². The van der Waals surface area contributed by atoms with Gasteiger partial charge in [-0.15, -0.1) is 0 Å². The number of aromatic nitrogens is 2. The first kappa shape index (κ1) is 20.2. The number of aliphatic hydroxyl groups excluding tert-OH is 1. The second-order valence-corrected chi connectivity index (χ2v) is 6.69. The van der Waals surface area contributed by atoms with Gasteiger partial charge in [0.25, 0.3) is 0 Å². The van der Waals surface area contributed by atoms with E-state index in [0.29, 0.717) is 13.2 Å². The predicted molar refractivity (Wildman–Crippen MR) is 94.3 cm³/mol. The van der Waals surface area contributed by atoms with Gasteiger partial charge in [-0.3, -0.25) is 0 Å². The minimum Gasteiger partial charge on any atom is -0.387 e. The number of hydrogen-bond acceptors (Lipinski definition) is 2. The second kappa shape index (κ2) is 13.6. The van der Waals surface area contributed by atoms with E-state index >= 15 is 0 Å². The van der Waals surface area contributed by atoms with Gasteiger partial charge in [-0.25, -0.2) is 9.13 Å². The molecule has 0 aromatic carbocycles. The number of rotatable bonds is 15. The second-order valence-electron chi connectivity index (χ2n) is 6.69. The minimum absolute atomic E-state index is 0.425. The number of unbranched alkanes of at least 4 members (excludes halogenated alkanes) is 9. The molecule has 4 nitrogen and oxygen atoms in total. The maximum Gasteiger partial charge on any atom is 0.243 e. The molecule has 1 aromatic heterocycles. The summed E-state index contributed by atoms with van der Waals surface area (Å²) in [6.45, 7) is 4.06. The average molecular weight is 326 g/mol. The van der Waals surface area contributed by atoms with Gasteiger partial charge in [0.15, 0.2) is 0 Å². The molecule has 23 heavy (non-hydrogen) atoms. The molecule has 0 saturated carbocycles. The van der Waals surface area contributed by atoms with E-state index in [1.54, 1.807) is 0 Å². The fourth-order valence-corrected chi connectivity index (χ4v) is 2.82. The van der Waals surface area contributed by atoms with Crippen molar-refractivity contribution in [1.82, 2.24) is 4.57 Å². The summed E-state index contributed by atoms with van der Waals surface area (Å²) in [7, 11) is 1.98. The van der Waals surface area contributed by atoms with E-state index < -0.39 is 6.10 Å². The number of imidazole rings is 1. The predicted octanol–water partition coefficient (Wildman–Crippen LogP) is 3.61. The zero-order valence-electron chi connectivity index (χ0n) is 15.3. The molecule has 0 amide bonds. The Morgan fingerprint density at radius 1 is 1.00 bits per heavy atom. The Hall–Kier alpha value is -0.870. The Morgan fingerprint density at radius 2 is 1.61 bits per heavy atom. The molecule has 1 N–H and O–H groups in total. The smallest absolute Gasteiger partial charge is 0.243 e. The van der Waals surface area contributed by atoms with Crippen LogP contribution in [0.3, 0.4) is 0 Å². The number of nitrogens with zero attached hydrogens (tertiary/aromatic N) is 2. The van der Waals surface area contributed by atoms with Crippen molar-refractivity contribution in [2.24, 2.45) is 7.05 Å². The van der Waals surface area contributed by atoms with E-state index in [-0.39, 0.29) is 0 Å². The first-order valence-electron chi connectivity index (χ1n) is 9.49. The highest BCUT2D eigenvalue weighted by molar-refractivity contribution is 4.68. The van der Waals surface area contributed by atoms with Gasteiger partial charge in [0.05, 0.1) is 13.7 Å². The molecule has 134 valence electrons. The van der Waals surface area contributed by atoms with Crippen LogP contribution < -0.4 is 4.57 Å². The van der Waals surface area contributed by atoms with E-state index in [0.717, 1.165) is 13.0 Å². The summed E-state index contributed by atoms with van der Waals surface area (Å²) in [5.41, 5.74) is 0. The molecule has 0 fully saturated rings. The monoisotopic (exact) mass is 325 g/mol. The van der Waals surface area contributed by atoms with Crippen LogP contribution in [0, 0.1) is 0 Å².